The molecule has 1 heterocycles. The molecule has 2 rings (SSSR count). The van der Waals surface area contributed by atoms with E-state index in [1.165, 1.54) is 18.3 Å². The molecule has 0 aliphatic rings. The number of aromatic nitrogens is 1. The maximum atomic E-state index is 13.1. The van der Waals surface area contributed by atoms with Crippen LogP contribution < -0.4 is 5.73 Å². The summed E-state index contributed by atoms with van der Waals surface area (Å²) in [6, 6.07) is 7.62. The van der Waals surface area contributed by atoms with Crippen LogP contribution in [0.1, 0.15) is 21.6 Å². The lowest BCUT2D eigenvalue weighted by Crippen LogP contribution is -2.07. The molecule has 0 saturated carbocycles. The second-order valence-electron chi connectivity index (χ2n) is 4.15. The molecule has 0 bridgehead atoms. The van der Waals surface area contributed by atoms with Crippen molar-refractivity contribution < 1.29 is 9.18 Å². The minimum Gasteiger partial charge on any atom is -0.397 e. The van der Waals surface area contributed by atoms with Crippen LogP contribution >= 0.6 is 0 Å². The van der Waals surface area contributed by atoms with Gasteiger partial charge in [0.05, 0.1) is 11.9 Å². The van der Waals surface area contributed by atoms with Crippen molar-refractivity contribution >= 4 is 11.5 Å². The van der Waals surface area contributed by atoms with Crippen molar-refractivity contribution in [2.75, 3.05) is 5.73 Å². The van der Waals surface area contributed by atoms with Crippen molar-refractivity contribution in [3.05, 3.63) is 59.2 Å². The topological polar surface area (TPSA) is 56.0 Å². The van der Waals surface area contributed by atoms with Crippen LogP contribution in [0.25, 0.3) is 0 Å². The minimum absolute atomic E-state index is 0.139. The van der Waals surface area contributed by atoms with Gasteiger partial charge in [-0.05, 0) is 42.3 Å². The molecule has 1 aromatic carbocycles. The SMILES string of the molecule is Cc1ccc(F)cc1CC(=O)c1ccc(N)cn1. The van der Waals surface area contributed by atoms with Crippen LogP contribution in [0.4, 0.5) is 10.1 Å². The van der Waals surface area contributed by atoms with Crippen molar-refractivity contribution in [3.8, 4) is 0 Å². The van der Waals surface area contributed by atoms with E-state index in [2.05, 4.69) is 4.98 Å². The number of nitrogens with two attached hydrogens (primary N) is 1. The third kappa shape index (κ3) is 2.71. The largest absolute Gasteiger partial charge is 0.397 e. The number of nitrogens with zero attached hydrogens (tertiary/aromatic N) is 1. The normalized spacial score (nSPS) is 10.3. The lowest BCUT2D eigenvalue weighted by atomic mass is 10.0. The third-order valence-electron chi connectivity index (χ3n) is 2.73. The molecular weight excluding hydrogens is 231 g/mol. The number of nitrogen functional groups attached to an aromatic ring is 1. The monoisotopic (exact) mass is 244 g/mol. The first-order chi connectivity index (χ1) is 8.56. The number of hydrogen-bond donors (Lipinski definition) is 1. The number of halogens is 1. The zero-order chi connectivity index (χ0) is 13.1. The van der Waals surface area contributed by atoms with Crippen LogP contribution in [0.15, 0.2) is 36.5 Å². The number of Topliss-reactive ketones (excluding diaryl/α,β-unsaturated/α-hetero) is 1. The average Bonchev–Trinajstić information content (AvgIpc) is 2.34. The molecule has 0 aliphatic heterocycles. The van der Waals surface area contributed by atoms with Gasteiger partial charge < -0.3 is 5.73 Å². The van der Waals surface area contributed by atoms with Gasteiger partial charge in [-0.15, -0.1) is 0 Å². The summed E-state index contributed by atoms with van der Waals surface area (Å²) in [5.74, 6) is -0.489. The number of carbonyl (C=O) groups is 1. The molecule has 2 aromatic rings. The van der Waals surface area contributed by atoms with Gasteiger partial charge in [-0.2, -0.15) is 0 Å². The van der Waals surface area contributed by atoms with Crippen LogP contribution in [0, 0.1) is 12.7 Å². The summed E-state index contributed by atoms with van der Waals surface area (Å²) in [6.45, 7) is 1.85. The fraction of sp³-hybridized carbons (Fsp3) is 0.143. The Bertz CT molecular complexity index is 579. The Hall–Kier alpha value is -2.23. The molecule has 0 spiro atoms. The van der Waals surface area contributed by atoms with Gasteiger partial charge in [-0.3, -0.25) is 9.78 Å². The van der Waals surface area contributed by atoms with E-state index in [-0.39, 0.29) is 18.0 Å². The standard InChI is InChI=1S/C14H13FN2O/c1-9-2-3-11(15)6-10(9)7-14(18)13-5-4-12(16)8-17-13/h2-6,8H,7,16H2,1H3. The molecule has 0 unspecified atom stereocenters. The van der Waals surface area contributed by atoms with Crippen LogP contribution in [0.2, 0.25) is 0 Å². The molecule has 0 saturated heterocycles. The highest BCUT2D eigenvalue weighted by Crippen LogP contribution is 2.13. The summed E-state index contributed by atoms with van der Waals surface area (Å²) in [6.07, 6.45) is 1.58. The number of ketones is 1. The van der Waals surface area contributed by atoms with Crippen molar-refractivity contribution in [3.63, 3.8) is 0 Å². The molecule has 4 heteroatoms. The number of pyridine rings is 1. The average molecular weight is 244 g/mol. The van der Waals surface area contributed by atoms with Crippen LogP contribution in [-0.4, -0.2) is 10.8 Å². The zero-order valence-corrected chi connectivity index (χ0v) is 9.98. The highest BCUT2D eigenvalue weighted by Gasteiger charge is 2.10. The molecule has 1 aromatic heterocycles. The highest BCUT2D eigenvalue weighted by molar-refractivity contribution is 5.96. The lowest BCUT2D eigenvalue weighted by molar-refractivity contribution is 0.0988. The molecule has 0 amide bonds. The number of carbonyl (C=O) groups excluding carboxylic acids is 1. The Morgan fingerprint density at radius 3 is 2.78 bits per heavy atom. The number of benzene rings is 1. The third-order valence-corrected chi connectivity index (χ3v) is 2.73. The second kappa shape index (κ2) is 4.96. The molecule has 2 N–H and O–H groups in total. The Labute approximate surface area is 104 Å². The fourth-order valence-electron chi connectivity index (χ4n) is 1.66. The predicted molar refractivity (Wildman–Crippen MR) is 67.8 cm³/mol. The van der Waals surface area contributed by atoms with Crippen molar-refractivity contribution in [2.45, 2.75) is 13.3 Å². The summed E-state index contributed by atoms with van der Waals surface area (Å²) < 4.78 is 13.1. The molecule has 18 heavy (non-hydrogen) atoms. The van der Waals surface area contributed by atoms with E-state index in [1.54, 1.807) is 18.2 Å². The summed E-state index contributed by atoms with van der Waals surface area (Å²) in [5, 5.41) is 0. The Balaban J connectivity index is 2.21. The van der Waals surface area contributed by atoms with Gasteiger partial charge in [0.25, 0.3) is 0 Å². The smallest absolute Gasteiger partial charge is 0.185 e. The Kier molecular flexibility index (Phi) is 3.37. The van der Waals surface area contributed by atoms with Crippen LogP contribution in [0.3, 0.4) is 0 Å². The van der Waals surface area contributed by atoms with Crippen LogP contribution in [0.5, 0.6) is 0 Å². The number of aryl methyl sites for hydroxylation is 1. The quantitative estimate of drug-likeness (QED) is 0.844. The lowest BCUT2D eigenvalue weighted by Gasteiger charge is -2.05. The maximum Gasteiger partial charge on any atom is 0.185 e. The Morgan fingerprint density at radius 1 is 1.33 bits per heavy atom. The first-order valence-electron chi connectivity index (χ1n) is 5.56. The van der Waals surface area contributed by atoms with Gasteiger partial charge in [-0.25, -0.2) is 4.39 Å². The van der Waals surface area contributed by atoms with Gasteiger partial charge in [0.2, 0.25) is 0 Å². The summed E-state index contributed by atoms with van der Waals surface area (Å²) in [7, 11) is 0. The molecular formula is C14H13FN2O. The number of hydrogen-bond acceptors (Lipinski definition) is 3. The van der Waals surface area contributed by atoms with E-state index in [9.17, 15) is 9.18 Å². The highest BCUT2D eigenvalue weighted by atomic mass is 19.1. The molecule has 92 valence electrons. The maximum absolute atomic E-state index is 13.1. The van der Waals surface area contributed by atoms with Crippen molar-refractivity contribution in [1.29, 1.82) is 0 Å². The van der Waals surface area contributed by atoms with Crippen LogP contribution in [-0.2, 0) is 6.42 Å². The first-order valence-corrected chi connectivity index (χ1v) is 5.56. The summed E-state index contributed by atoms with van der Waals surface area (Å²) >= 11 is 0. The van der Waals surface area contributed by atoms with Crippen molar-refractivity contribution in [1.82, 2.24) is 4.98 Å². The molecule has 0 aliphatic carbocycles. The van der Waals surface area contributed by atoms with E-state index in [0.29, 0.717) is 16.9 Å². The van der Waals surface area contributed by atoms with Gasteiger partial charge in [0, 0.05) is 6.42 Å². The predicted octanol–water partition coefficient (Wildman–Crippen LogP) is 2.54. The van der Waals surface area contributed by atoms with Gasteiger partial charge in [0.15, 0.2) is 5.78 Å². The zero-order valence-electron chi connectivity index (χ0n) is 9.98. The summed E-state index contributed by atoms with van der Waals surface area (Å²) in [4.78, 5) is 15.9. The van der Waals surface area contributed by atoms with E-state index < -0.39 is 0 Å². The minimum atomic E-state index is -0.339. The Morgan fingerprint density at radius 2 is 2.11 bits per heavy atom. The molecule has 3 nitrogen and oxygen atoms in total. The molecule has 0 atom stereocenters. The van der Waals surface area contributed by atoms with E-state index in [4.69, 9.17) is 5.73 Å². The first kappa shape index (κ1) is 12.2. The fourth-order valence-corrected chi connectivity index (χ4v) is 1.66. The van der Waals surface area contributed by atoms with E-state index in [1.807, 2.05) is 6.92 Å². The molecule has 0 radical (unpaired) electrons. The number of anilines is 1. The molecule has 0 fully saturated rings. The van der Waals surface area contributed by atoms with E-state index >= 15 is 0 Å². The second-order valence-corrected chi connectivity index (χ2v) is 4.15. The van der Waals surface area contributed by atoms with Crippen molar-refractivity contribution in [2.24, 2.45) is 0 Å². The summed E-state index contributed by atoms with van der Waals surface area (Å²) in [5.41, 5.74) is 7.92. The van der Waals surface area contributed by atoms with Gasteiger partial charge in [0.1, 0.15) is 11.5 Å². The van der Waals surface area contributed by atoms with Gasteiger partial charge >= 0.3 is 0 Å². The number of rotatable bonds is 3. The van der Waals surface area contributed by atoms with Gasteiger partial charge in [-0.1, -0.05) is 6.07 Å². The van der Waals surface area contributed by atoms with E-state index in [0.717, 1.165) is 5.56 Å².